The highest BCUT2D eigenvalue weighted by molar-refractivity contribution is 7.18. The Morgan fingerprint density at radius 3 is 3.00 bits per heavy atom. The first-order valence-corrected chi connectivity index (χ1v) is 9.50. The number of aryl methyl sites for hydroxylation is 3. The second-order valence-electron chi connectivity index (χ2n) is 6.52. The normalized spacial score (nSPS) is 15.7. The maximum absolute atomic E-state index is 13.1. The average molecular weight is 367 g/mol. The molecule has 0 saturated heterocycles. The van der Waals surface area contributed by atoms with Crippen LogP contribution in [-0.2, 0) is 12.8 Å². The minimum atomic E-state index is -0.0797. The lowest BCUT2D eigenvalue weighted by atomic mass is 9.97. The van der Waals surface area contributed by atoms with Crippen molar-refractivity contribution in [3.8, 4) is 11.5 Å². The van der Waals surface area contributed by atoms with Gasteiger partial charge in [-0.3, -0.25) is 4.79 Å². The Bertz CT molecular complexity index is 1110. The number of nitrogens with zero attached hydrogens (tertiary/aromatic N) is 3. The second-order valence-corrected chi connectivity index (χ2v) is 7.61. The van der Waals surface area contributed by atoms with Crippen molar-refractivity contribution in [3.63, 3.8) is 0 Å². The minimum Gasteiger partial charge on any atom is -0.454 e. The van der Waals surface area contributed by atoms with Crippen molar-refractivity contribution < 1.29 is 9.47 Å². The van der Waals surface area contributed by atoms with Gasteiger partial charge in [-0.25, -0.2) is 4.98 Å². The van der Waals surface area contributed by atoms with E-state index in [0.717, 1.165) is 40.8 Å². The third kappa shape index (κ3) is 2.42. The summed E-state index contributed by atoms with van der Waals surface area (Å²) in [5.41, 5.74) is 1.94. The highest BCUT2D eigenvalue weighted by Crippen LogP contribution is 2.34. The fourth-order valence-electron chi connectivity index (χ4n) is 3.55. The topological polar surface area (TPSA) is 65.7 Å². The van der Waals surface area contributed by atoms with Gasteiger partial charge >= 0.3 is 0 Å². The molecule has 0 atom stereocenters. The van der Waals surface area contributed by atoms with E-state index in [0.29, 0.717) is 11.6 Å². The van der Waals surface area contributed by atoms with Crippen molar-refractivity contribution in [2.75, 3.05) is 6.79 Å². The lowest BCUT2D eigenvalue weighted by Crippen LogP contribution is -2.21. The first-order chi connectivity index (χ1) is 12.7. The van der Waals surface area contributed by atoms with Gasteiger partial charge in [0.1, 0.15) is 10.7 Å². The second kappa shape index (κ2) is 5.95. The molecule has 7 heteroatoms. The standard InChI is InChI=1S/C19H17N3O3S/c1-11-21-18-17(13-4-2-3-5-16(13)26-18)19(23)22(11)20-9-12-6-7-14-15(8-12)25-10-24-14/h6-9H,2-5,10H2,1H3/b20-9-. The number of hydrogen-bond donors (Lipinski definition) is 0. The average Bonchev–Trinajstić information content (AvgIpc) is 3.24. The molecule has 3 aromatic rings. The molecule has 2 aliphatic rings. The number of rotatable bonds is 2. The van der Waals surface area contributed by atoms with Gasteiger partial charge in [-0.2, -0.15) is 9.78 Å². The van der Waals surface area contributed by atoms with E-state index in [1.54, 1.807) is 17.6 Å². The lowest BCUT2D eigenvalue weighted by Gasteiger charge is -2.10. The molecule has 1 aliphatic carbocycles. The van der Waals surface area contributed by atoms with Gasteiger partial charge in [0.15, 0.2) is 11.5 Å². The van der Waals surface area contributed by atoms with Gasteiger partial charge in [-0.15, -0.1) is 11.3 Å². The number of ether oxygens (including phenoxy) is 2. The number of thiophene rings is 1. The largest absolute Gasteiger partial charge is 0.454 e. The van der Waals surface area contributed by atoms with Crippen LogP contribution in [-0.4, -0.2) is 22.7 Å². The van der Waals surface area contributed by atoms with Gasteiger partial charge in [0.25, 0.3) is 5.56 Å². The highest BCUT2D eigenvalue weighted by atomic mass is 32.1. The zero-order valence-electron chi connectivity index (χ0n) is 14.3. The number of aromatic nitrogens is 2. The summed E-state index contributed by atoms with van der Waals surface area (Å²) in [6.45, 7) is 2.05. The first kappa shape index (κ1) is 15.6. The van der Waals surface area contributed by atoms with Crippen LogP contribution < -0.4 is 15.0 Å². The smallest absolute Gasteiger partial charge is 0.283 e. The van der Waals surface area contributed by atoms with Crippen LogP contribution >= 0.6 is 11.3 Å². The summed E-state index contributed by atoms with van der Waals surface area (Å²) in [4.78, 5) is 19.9. The van der Waals surface area contributed by atoms with Crippen molar-refractivity contribution in [2.45, 2.75) is 32.6 Å². The molecule has 1 aliphatic heterocycles. The van der Waals surface area contributed by atoms with Gasteiger partial charge in [-0.1, -0.05) is 0 Å². The van der Waals surface area contributed by atoms with E-state index < -0.39 is 0 Å². The molecule has 0 bridgehead atoms. The van der Waals surface area contributed by atoms with E-state index in [-0.39, 0.29) is 12.4 Å². The Kier molecular flexibility index (Phi) is 3.56. The van der Waals surface area contributed by atoms with Gasteiger partial charge in [0, 0.05) is 4.88 Å². The molecule has 0 fully saturated rings. The predicted octanol–water partition coefficient (Wildman–Crippen LogP) is 3.26. The van der Waals surface area contributed by atoms with Crippen LogP contribution in [0.1, 0.15) is 34.7 Å². The van der Waals surface area contributed by atoms with Gasteiger partial charge in [0.2, 0.25) is 6.79 Å². The third-order valence-corrected chi connectivity index (χ3v) is 6.03. The Morgan fingerprint density at radius 1 is 1.23 bits per heavy atom. The highest BCUT2D eigenvalue weighted by Gasteiger charge is 2.21. The molecule has 0 unspecified atom stereocenters. The zero-order chi connectivity index (χ0) is 17.7. The number of benzene rings is 1. The van der Waals surface area contributed by atoms with Crippen LogP contribution in [0.4, 0.5) is 0 Å². The predicted molar refractivity (Wildman–Crippen MR) is 101 cm³/mol. The van der Waals surface area contributed by atoms with Gasteiger partial charge < -0.3 is 9.47 Å². The molecule has 5 rings (SSSR count). The third-order valence-electron chi connectivity index (χ3n) is 4.85. The van der Waals surface area contributed by atoms with E-state index in [9.17, 15) is 4.79 Å². The van der Waals surface area contributed by atoms with Gasteiger partial charge in [-0.05, 0) is 61.9 Å². The zero-order valence-corrected chi connectivity index (χ0v) is 15.1. The number of fused-ring (bicyclic) bond motifs is 4. The van der Waals surface area contributed by atoms with E-state index in [1.165, 1.54) is 21.5 Å². The van der Waals surface area contributed by atoms with Crippen molar-refractivity contribution in [1.29, 1.82) is 0 Å². The molecule has 0 saturated carbocycles. The molecule has 2 aromatic heterocycles. The summed E-state index contributed by atoms with van der Waals surface area (Å²) in [5, 5.41) is 5.15. The fraction of sp³-hybridized carbons (Fsp3) is 0.316. The van der Waals surface area contributed by atoms with E-state index in [1.807, 2.05) is 25.1 Å². The molecule has 0 radical (unpaired) electrons. The summed E-state index contributed by atoms with van der Waals surface area (Å²) < 4.78 is 12.1. The molecule has 132 valence electrons. The maximum atomic E-state index is 13.1. The Hall–Kier alpha value is -2.67. The van der Waals surface area contributed by atoms with E-state index in [4.69, 9.17) is 9.47 Å². The van der Waals surface area contributed by atoms with Crippen molar-refractivity contribution in [3.05, 3.63) is 50.4 Å². The summed E-state index contributed by atoms with van der Waals surface area (Å²) in [5.74, 6) is 2.01. The Labute approximate surface area is 153 Å². The molecule has 26 heavy (non-hydrogen) atoms. The van der Waals surface area contributed by atoms with E-state index in [2.05, 4.69) is 10.1 Å². The quantitative estimate of drug-likeness (QED) is 0.652. The fourth-order valence-corrected chi connectivity index (χ4v) is 4.85. The van der Waals surface area contributed by atoms with Crippen LogP contribution in [0.15, 0.2) is 28.1 Å². The molecule has 0 amide bonds. The van der Waals surface area contributed by atoms with Crippen molar-refractivity contribution in [2.24, 2.45) is 5.10 Å². The molecule has 0 spiro atoms. The van der Waals surface area contributed by atoms with E-state index >= 15 is 0 Å². The Balaban J connectivity index is 1.59. The summed E-state index contributed by atoms with van der Waals surface area (Å²) in [7, 11) is 0. The molecule has 6 nitrogen and oxygen atoms in total. The lowest BCUT2D eigenvalue weighted by molar-refractivity contribution is 0.174. The summed E-state index contributed by atoms with van der Waals surface area (Å²) in [6, 6.07) is 5.58. The Morgan fingerprint density at radius 2 is 2.08 bits per heavy atom. The van der Waals surface area contributed by atoms with Crippen LogP contribution in [0.2, 0.25) is 0 Å². The molecule has 3 heterocycles. The first-order valence-electron chi connectivity index (χ1n) is 8.68. The van der Waals surface area contributed by atoms with Crippen LogP contribution in [0, 0.1) is 6.92 Å². The molecule has 1 aromatic carbocycles. The van der Waals surface area contributed by atoms with Crippen LogP contribution in [0.5, 0.6) is 11.5 Å². The minimum absolute atomic E-state index is 0.0797. The van der Waals surface area contributed by atoms with Gasteiger partial charge in [0.05, 0.1) is 11.6 Å². The molecule has 0 N–H and O–H groups in total. The SMILES string of the molecule is Cc1nc2sc3c(c2c(=O)n1/N=C\c1ccc2c(c1)OCO2)CCCC3. The van der Waals surface area contributed by atoms with Crippen LogP contribution in [0.25, 0.3) is 10.2 Å². The van der Waals surface area contributed by atoms with Crippen molar-refractivity contribution in [1.82, 2.24) is 9.66 Å². The summed E-state index contributed by atoms with van der Waals surface area (Å²) in [6.07, 6.45) is 5.99. The maximum Gasteiger partial charge on any atom is 0.283 e. The summed E-state index contributed by atoms with van der Waals surface area (Å²) >= 11 is 1.66. The van der Waals surface area contributed by atoms with Crippen LogP contribution in [0.3, 0.4) is 0 Å². The monoisotopic (exact) mass is 367 g/mol. The molecular formula is C19H17N3O3S. The molecular weight excluding hydrogens is 350 g/mol. The number of hydrogen-bond acceptors (Lipinski definition) is 6. The van der Waals surface area contributed by atoms with Crippen molar-refractivity contribution >= 4 is 27.8 Å².